The molecule has 0 fully saturated rings. The van der Waals surface area contributed by atoms with E-state index >= 15 is 0 Å². The zero-order valence-corrected chi connectivity index (χ0v) is 10.7. The maximum atomic E-state index is 5.72. The Morgan fingerprint density at radius 2 is 1.87 bits per heavy atom. The molecule has 0 bridgehead atoms. The standard InChI is InChI=1S/C13H24N2/c1-9(2)8-15-11(4)6-13(12(15)5)10(3)7-14/h6,9-10H,7-8,14H2,1-5H3. The van der Waals surface area contributed by atoms with Crippen LogP contribution in [0.1, 0.15) is 43.6 Å². The fourth-order valence-corrected chi connectivity index (χ4v) is 2.10. The van der Waals surface area contributed by atoms with Crippen molar-refractivity contribution in [2.75, 3.05) is 6.54 Å². The highest BCUT2D eigenvalue weighted by atomic mass is 15.0. The van der Waals surface area contributed by atoms with Crippen LogP contribution in [0.3, 0.4) is 0 Å². The third-order valence-electron chi connectivity index (χ3n) is 3.04. The Hall–Kier alpha value is -0.760. The summed E-state index contributed by atoms with van der Waals surface area (Å²) in [4.78, 5) is 0. The van der Waals surface area contributed by atoms with Crippen LogP contribution in [-0.4, -0.2) is 11.1 Å². The number of aryl methyl sites for hydroxylation is 1. The lowest BCUT2D eigenvalue weighted by atomic mass is 10.0. The van der Waals surface area contributed by atoms with Gasteiger partial charge in [0.1, 0.15) is 0 Å². The Balaban J connectivity index is 3.03. The zero-order valence-electron chi connectivity index (χ0n) is 10.7. The van der Waals surface area contributed by atoms with Crippen LogP contribution in [0.5, 0.6) is 0 Å². The van der Waals surface area contributed by atoms with Crippen LogP contribution in [0.15, 0.2) is 6.07 Å². The molecule has 0 radical (unpaired) electrons. The van der Waals surface area contributed by atoms with Gasteiger partial charge in [0.05, 0.1) is 0 Å². The molecule has 1 aromatic heterocycles. The molecule has 0 aliphatic carbocycles. The van der Waals surface area contributed by atoms with Crippen LogP contribution in [0.4, 0.5) is 0 Å². The van der Waals surface area contributed by atoms with E-state index in [9.17, 15) is 0 Å². The summed E-state index contributed by atoms with van der Waals surface area (Å²) >= 11 is 0. The molecule has 1 atom stereocenters. The molecule has 2 nitrogen and oxygen atoms in total. The molecule has 0 amide bonds. The van der Waals surface area contributed by atoms with Gasteiger partial charge in [-0.2, -0.15) is 0 Å². The molecular formula is C13H24N2. The minimum atomic E-state index is 0.470. The summed E-state index contributed by atoms with van der Waals surface area (Å²) in [6, 6.07) is 2.29. The van der Waals surface area contributed by atoms with Gasteiger partial charge in [0, 0.05) is 17.9 Å². The number of hydrogen-bond donors (Lipinski definition) is 1. The van der Waals surface area contributed by atoms with Gasteiger partial charge in [-0.25, -0.2) is 0 Å². The van der Waals surface area contributed by atoms with E-state index < -0.39 is 0 Å². The average molecular weight is 208 g/mol. The van der Waals surface area contributed by atoms with Crippen LogP contribution in [0, 0.1) is 19.8 Å². The fourth-order valence-electron chi connectivity index (χ4n) is 2.10. The van der Waals surface area contributed by atoms with Gasteiger partial charge in [0.2, 0.25) is 0 Å². The molecule has 2 heteroatoms. The lowest BCUT2D eigenvalue weighted by molar-refractivity contribution is 0.507. The summed E-state index contributed by atoms with van der Waals surface area (Å²) in [5.41, 5.74) is 9.88. The first-order chi connectivity index (χ1) is 6.97. The van der Waals surface area contributed by atoms with Gasteiger partial charge in [0.25, 0.3) is 0 Å². The summed E-state index contributed by atoms with van der Waals surface area (Å²) in [5.74, 6) is 1.16. The first-order valence-electron chi connectivity index (χ1n) is 5.84. The zero-order chi connectivity index (χ0) is 11.6. The van der Waals surface area contributed by atoms with E-state index in [0.717, 1.165) is 13.1 Å². The van der Waals surface area contributed by atoms with Crippen LogP contribution in [-0.2, 0) is 6.54 Å². The maximum Gasteiger partial charge on any atom is 0.0247 e. The third kappa shape index (κ3) is 2.63. The molecule has 0 saturated carbocycles. The number of aromatic nitrogens is 1. The van der Waals surface area contributed by atoms with Gasteiger partial charge in [-0.15, -0.1) is 0 Å². The van der Waals surface area contributed by atoms with Gasteiger partial charge in [-0.1, -0.05) is 20.8 Å². The molecule has 0 aliphatic heterocycles. The minimum Gasteiger partial charge on any atom is -0.349 e. The van der Waals surface area contributed by atoms with Crippen molar-refractivity contribution in [1.82, 2.24) is 4.57 Å². The Labute approximate surface area is 93.5 Å². The monoisotopic (exact) mass is 208 g/mol. The largest absolute Gasteiger partial charge is 0.349 e. The van der Waals surface area contributed by atoms with E-state index in [0.29, 0.717) is 11.8 Å². The summed E-state index contributed by atoms with van der Waals surface area (Å²) in [5, 5.41) is 0. The fraction of sp³-hybridized carbons (Fsp3) is 0.692. The highest BCUT2D eigenvalue weighted by molar-refractivity contribution is 5.30. The van der Waals surface area contributed by atoms with Crippen molar-refractivity contribution in [3.05, 3.63) is 23.0 Å². The van der Waals surface area contributed by atoms with Crippen molar-refractivity contribution in [2.45, 2.75) is 47.1 Å². The summed E-state index contributed by atoms with van der Waals surface area (Å²) in [6.45, 7) is 12.9. The molecule has 1 rings (SSSR count). The van der Waals surface area contributed by atoms with Crippen LogP contribution in [0.2, 0.25) is 0 Å². The van der Waals surface area contributed by atoms with Gasteiger partial charge in [-0.05, 0) is 43.9 Å². The number of rotatable bonds is 4. The van der Waals surface area contributed by atoms with Crippen LogP contribution < -0.4 is 5.73 Å². The van der Waals surface area contributed by atoms with Crippen molar-refractivity contribution in [2.24, 2.45) is 11.7 Å². The predicted octanol–water partition coefficient (Wildman–Crippen LogP) is 2.82. The van der Waals surface area contributed by atoms with Gasteiger partial charge in [-0.3, -0.25) is 0 Å². The molecule has 0 saturated heterocycles. The van der Waals surface area contributed by atoms with E-state index in [2.05, 4.69) is 45.3 Å². The summed E-state index contributed by atoms with van der Waals surface area (Å²) < 4.78 is 2.41. The Morgan fingerprint density at radius 3 is 2.33 bits per heavy atom. The van der Waals surface area contributed by atoms with Crippen LogP contribution in [0.25, 0.3) is 0 Å². The Morgan fingerprint density at radius 1 is 1.27 bits per heavy atom. The van der Waals surface area contributed by atoms with E-state index in [4.69, 9.17) is 5.73 Å². The van der Waals surface area contributed by atoms with E-state index in [-0.39, 0.29) is 0 Å². The lowest BCUT2D eigenvalue weighted by Crippen LogP contribution is -2.11. The molecule has 1 heterocycles. The third-order valence-corrected chi connectivity index (χ3v) is 3.04. The molecule has 2 N–H and O–H groups in total. The van der Waals surface area contributed by atoms with Gasteiger partial charge in [0.15, 0.2) is 0 Å². The van der Waals surface area contributed by atoms with Gasteiger partial charge < -0.3 is 10.3 Å². The second-order valence-electron chi connectivity index (χ2n) is 4.97. The summed E-state index contributed by atoms with van der Waals surface area (Å²) in [7, 11) is 0. The quantitative estimate of drug-likeness (QED) is 0.810. The first kappa shape index (κ1) is 12.3. The number of nitrogens with two attached hydrogens (primary N) is 1. The molecule has 15 heavy (non-hydrogen) atoms. The normalized spacial score (nSPS) is 13.5. The Bertz CT molecular complexity index is 324. The predicted molar refractivity (Wildman–Crippen MR) is 66.2 cm³/mol. The van der Waals surface area contributed by atoms with Gasteiger partial charge >= 0.3 is 0 Å². The minimum absolute atomic E-state index is 0.470. The number of hydrogen-bond acceptors (Lipinski definition) is 1. The van der Waals surface area contributed by atoms with Crippen LogP contribution >= 0.6 is 0 Å². The van der Waals surface area contributed by atoms with Crippen molar-refractivity contribution >= 4 is 0 Å². The molecule has 0 aromatic carbocycles. The first-order valence-corrected chi connectivity index (χ1v) is 5.84. The second kappa shape index (κ2) is 4.84. The molecule has 1 unspecified atom stereocenters. The van der Waals surface area contributed by atoms with E-state index in [1.165, 1.54) is 17.0 Å². The topological polar surface area (TPSA) is 30.9 Å². The SMILES string of the molecule is Cc1cc(C(C)CN)c(C)n1CC(C)C. The maximum absolute atomic E-state index is 5.72. The molecule has 86 valence electrons. The molecule has 1 aromatic rings. The smallest absolute Gasteiger partial charge is 0.0247 e. The van der Waals surface area contributed by atoms with E-state index in [1.54, 1.807) is 0 Å². The van der Waals surface area contributed by atoms with Crippen molar-refractivity contribution in [3.8, 4) is 0 Å². The molecule has 0 aliphatic rings. The Kier molecular flexibility index (Phi) is 3.97. The average Bonchev–Trinajstić information content (AvgIpc) is 2.44. The highest BCUT2D eigenvalue weighted by Crippen LogP contribution is 2.23. The van der Waals surface area contributed by atoms with Crippen molar-refractivity contribution in [1.29, 1.82) is 0 Å². The van der Waals surface area contributed by atoms with E-state index in [1.807, 2.05) is 0 Å². The lowest BCUT2D eigenvalue weighted by Gasteiger charge is -2.14. The van der Waals surface area contributed by atoms with Crippen molar-refractivity contribution < 1.29 is 0 Å². The molecular weight excluding hydrogens is 184 g/mol. The summed E-state index contributed by atoms with van der Waals surface area (Å²) in [6.07, 6.45) is 0. The van der Waals surface area contributed by atoms with Crippen molar-refractivity contribution in [3.63, 3.8) is 0 Å². The number of nitrogens with zero attached hydrogens (tertiary/aromatic N) is 1. The highest BCUT2D eigenvalue weighted by Gasteiger charge is 2.13. The molecule has 0 spiro atoms. The second-order valence-corrected chi connectivity index (χ2v) is 4.97.